The Morgan fingerprint density at radius 3 is 2.53 bits per heavy atom. The molecule has 0 radical (unpaired) electrons. The molecule has 1 aliphatic heterocycles. The van der Waals surface area contributed by atoms with Crippen molar-refractivity contribution in [1.82, 2.24) is 4.90 Å². The number of ether oxygens (including phenoxy) is 1. The molecule has 0 aliphatic carbocycles. The number of likely N-dealkylation sites (tertiary alicyclic amines) is 1. The molecule has 1 aromatic heterocycles. The predicted octanol–water partition coefficient (Wildman–Crippen LogP) is 3.93. The van der Waals surface area contributed by atoms with Gasteiger partial charge in [0.25, 0.3) is 0 Å². The number of rotatable bonds is 8. The highest BCUT2D eigenvalue weighted by Gasteiger charge is 2.32. The van der Waals surface area contributed by atoms with E-state index in [1.807, 2.05) is 6.92 Å². The molecule has 1 unspecified atom stereocenters. The van der Waals surface area contributed by atoms with Gasteiger partial charge in [-0.15, -0.1) is 24.5 Å². The van der Waals surface area contributed by atoms with Gasteiger partial charge in [0, 0.05) is 10.4 Å². The molecule has 3 rings (SSSR count). The molecule has 2 aromatic rings. The van der Waals surface area contributed by atoms with Gasteiger partial charge in [-0.3, -0.25) is 19.3 Å². The maximum atomic E-state index is 13.0. The fourth-order valence-electron chi connectivity index (χ4n) is 3.49. The van der Waals surface area contributed by atoms with E-state index >= 15 is 0 Å². The number of carbonyl (C=O) groups excluding carboxylic acids is 2. The summed E-state index contributed by atoms with van der Waals surface area (Å²) in [5.74, 6) is -2.32. The number of ketones is 1. The van der Waals surface area contributed by atoms with Crippen molar-refractivity contribution < 1.29 is 37.4 Å². The summed E-state index contributed by atoms with van der Waals surface area (Å²) < 4.78 is 40.8. The Hall–Kier alpha value is -2.92. The van der Waals surface area contributed by atoms with Gasteiger partial charge in [0.2, 0.25) is 5.91 Å². The zero-order valence-corrected chi connectivity index (χ0v) is 17.9. The average molecular weight is 470 g/mol. The van der Waals surface area contributed by atoms with E-state index in [0.717, 1.165) is 17.0 Å². The van der Waals surface area contributed by atoms with Crippen LogP contribution in [0, 0.1) is 0 Å². The normalized spacial score (nSPS) is 16.7. The molecule has 1 aliphatic rings. The summed E-state index contributed by atoms with van der Waals surface area (Å²) in [6.07, 6.45) is -3.06. The van der Waals surface area contributed by atoms with Crippen LogP contribution in [0.5, 0.6) is 5.75 Å². The van der Waals surface area contributed by atoms with Crippen LogP contribution in [0.25, 0.3) is 0 Å². The minimum absolute atomic E-state index is 0.118. The number of halogens is 3. The van der Waals surface area contributed by atoms with Gasteiger partial charge >= 0.3 is 12.3 Å². The third kappa shape index (κ3) is 5.86. The van der Waals surface area contributed by atoms with Gasteiger partial charge in [-0.05, 0) is 56.1 Å². The van der Waals surface area contributed by atoms with Gasteiger partial charge in [0.05, 0.1) is 12.1 Å². The number of carboxylic acid groups (broad SMARTS) is 1. The minimum Gasteiger partial charge on any atom is -0.480 e. The number of hydrogen-bond donors (Lipinski definition) is 2. The lowest BCUT2D eigenvalue weighted by atomic mass is 10.0. The first-order valence-electron chi connectivity index (χ1n) is 9.87. The van der Waals surface area contributed by atoms with Crippen LogP contribution in [0.3, 0.4) is 0 Å². The van der Waals surface area contributed by atoms with E-state index in [-0.39, 0.29) is 17.7 Å². The summed E-state index contributed by atoms with van der Waals surface area (Å²) in [5.41, 5.74) is 0.363. The number of nitrogens with one attached hydrogen (secondary N) is 1. The Bertz CT molecular complexity index is 1000. The second kappa shape index (κ2) is 9.70. The van der Waals surface area contributed by atoms with Crippen LogP contribution in [0.4, 0.5) is 18.2 Å². The minimum atomic E-state index is -4.83. The van der Waals surface area contributed by atoms with Crippen LogP contribution in [0.1, 0.15) is 40.6 Å². The number of thiophene rings is 1. The van der Waals surface area contributed by atoms with Gasteiger partial charge in [-0.2, -0.15) is 0 Å². The van der Waals surface area contributed by atoms with E-state index in [4.69, 9.17) is 0 Å². The number of benzene rings is 1. The van der Waals surface area contributed by atoms with Crippen molar-refractivity contribution in [2.45, 2.75) is 38.6 Å². The highest BCUT2D eigenvalue weighted by atomic mass is 32.1. The zero-order valence-electron chi connectivity index (χ0n) is 17.1. The van der Waals surface area contributed by atoms with E-state index in [9.17, 15) is 32.7 Å². The molecule has 1 atom stereocenters. The number of anilines is 1. The van der Waals surface area contributed by atoms with Crippen molar-refractivity contribution in [3.8, 4) is 5.75 Å². The smallest absolute Gasteiger partial charge is 0.480 e. The largest absolute Gasteiger partial charge is 0.573 e. The standard InChI is InChI=1S/C21H21F3N2O5S/c1-2-14-10-15(18(28)12-5-7-13(8-6-12)31-21(22,23)24)19(32-14)25-17(27)11-26-9-3-4-16(26)20(29)30/h5-8,10,16H,2-4,9,11H2,1H3,(H,25,27)(H,29,30). The molecule has 1 aromatic carbocycles. The summed E-state index contributed by atoms with van der Waals surface area (Å²) in [6.45, 7) is 2.26. The van der Waals surface area contributed by atoms with E-state index in [1.54, 1.807) is 11.0 Å². The van der Waals surface area contributed by atoms with Crippen molar-refractivity contribution in [3.63, 3.8) is 0 Å². The molecule has 0 saturated carbocycles. The monoisotopic (exact) mass is 470 g/mol. The molecule has 1 fully saturated rings. The Morgan fingerprint density at radius 2 is 1.94 bits per heavy atom. The maximum Gasteiger partial charge on any atom is 0.573 e. The number of aryl methyl sites for hydroxylation is 1. The van der Waals surface area contributed by atoms with Crippen LogP contribution in [-0.4, -0.2) is 53.2 Å². The highest BCUT2D eigenvalue weighted by molar-refractivity contribution is 7.16. The van der Waals surface area contributed by atoms with E-state index in [1.165, 1.54) is 23.5 Å². The van der Waals surface area contributed by atoms with Gasteiger partial charge in [-0.1, -0.05) is 6.92 Å². The topological polar surface area (TPSA) is 95.9 Å². The second-order valence-electron chi connectivity index (χ2n) is 7.23. The lowest BCUT2D eigenvalue weighted by molar-refractivity contribution is -0.274. The van der Waals surface area contributed by atoms with Crippen LogP contribution in [-0.2, 0) is 16.0 Å². The number of nitrogens with zero attached hydrogens (tertiary/aromatic N) is 1. The lowest BCUT2D eigenvalue weighted by Gasteiger charge is -2.20. The first-order chi connectivity index (χ1) is 15.1. The highest BCUT2D eigenvalue weighted by Crippen LogP contribution is 2.31. The van der Waals surface area contributed by atoms with Crippen LogP contribution >= 0.6 is 11.3 Å². The lowest BCUT2D eigenvalue weighted by Crippen LogP contribution is -2.40. The quantitative estimate of drug-likeness (QED) is 0.568. The molecular formula is C21H21F3N2O5S. The maximum absolute atomic E-state index is 13.0. The van der Waals surface area contributed by atoms with Crippen LogP contribution < -0.4 is 10.1 Å². The summed E-state index contributed by atoms with van der Waals surface area (Å²) in [7, 11) is 0. The SMILES string of the molecule is CCc1cc(C(=O)c2ccc(OC(F)(F)F)cc2)c(NC(=O)CN2CCCC2C(=O)O)s1. The van der Waals surface area contributed by atoms with Gasteiger partial charge in [0.15, 0.2) is 5.78 Å². The number of alkyl halides is 3. The first-order valence-corrected chi connectivity index (χ1v) is 10.7. The summed E-state index contributed by atoms with van der Waals surface area (Å²) >= 11 is 1.23. The molecule has 32 heavy (non-hydrogen) atoms. The van der Waals surface area contributed by atoms with Crippen LogP contribution in [0.15, 0.2) is 30.3 Å². The van der Waals surface area contributed by atoms with Crippen molar-refractivity contribution in [1.29, 1.82) is 0 Å². The fraction of sp³-hybridized carbons (Fsp3) is 0.381. The Labute approximate surface area is 185 Å². The summed E-state index contributed by atoms with van der Waals surface area (Å²) in [5, 5.41) is 12.3. The molecule has 1 amide bonds. The molecule has 11 heteroatoms. The van der Waals surface area contributed by atoms with Crippen molar-refractivity contribution in [2.75, 3.05) is 18.4 Å². The number of amides is 1. The number of carbonyl (C=O) groups is 3. The Morgan fingerprint density at radius 1 is 1.25 bits per heavy atom. The number of carboxylic acids is 1. The van der Waals surface area contributed by atoms with Crippen molar-refractivity contribution >= 4 is 34.0 Å². The molecule has 1 saturated heterocycles. The van der Waals surface area contributed by atoms with Gasteiger partial charge in [0.1, 0.15) is 16.8 Å². The second-order valence-corrected chi connectivity index (χ2v) is 8.36. The Kier molecular flexibility index (Phi) is 7.19. The summed E-state index contributed by atoms with van der Waals surface area (Å²) in [4.78, 5) is 39.2. The van der Waals surface area contributed by atoms with E-state index in [0.29, 0.717) is 30.8 Å². The molecule has 172 valence electrons. The number of hydrogen-bond acceptors (Lipinski definition) is 6. The summed E-state index contributed by atoms with van der Waals surface area (Å²) in [6, 6.07) is 5.46. The third-order valence-corrected chi connectivity index (χ3v) is 6.17. The molecule has 7 nitrogen and oxygen atoms in total. The predicted molar refractivity (Wildman–Crippen MR) is 111 cm³/mol. The molecule has 2 heterocycles. The van der Waals surface area contributed by atoms with Gasteiger partial charge in [-0.25, -0.2) is 0 Å². The third-order valence-electron chi connectivity index (χ3n) is 4.97. The van der Waals surface area contributed by atoms with Crippen molar-refractivity contribution in [2.24, 2.45) is 0 Å². The fourth-order valence-corrected chi connectivity index (χ4v) is 4.50. The molecular weight excluding hydrogens is 449 g/mol. The van der Waals surface area contributed by atoms with Gasteiger partial charge < -0.3 is 15.2 Å². The molecule has 0 bridgehead atoms. The van der Waals surface area contributed by atoms with Crippen LogP contribution in [0.2, 0.25) is 0 Å². The van der Waals surface area contributed by atoms with E-state index < -0.39 is 35.8 Å². The number of aliphatic carboxylic acids is 1. The average Bonchev–Trinajstić information content (AvgIpc) is 3.33. The molecule has 0 spiro atoms. The molecule has 2 N–H and O–H groups in total. The first kappa shape index (κ1) is 23.7. The zero-order chi connectivity index (χ0) is 23.5. The Balaban J connectivity index is 1.75. The van der Waals surface area contributed by atoms with Crippen molar-refractivity contribution in [3.05, 3.63) is 46.3 Å². The van der Waals surface area contributed by atoms with E-state index in [2.05, 4.69) is 10.1 Å².